The van der Waals surface area contributed by atoms with Crippen LogP contribution in [0.1, 0.15) is 85.6 Å². The van der Waals surface area contributed by atoms with Crippen LogP contribution in [-0.4, -0.2) is 17.1 Å². The van der Waals surface area contributed by atoms with Gasteiger partial charge in [-0.1, -0.05) is 163 Å². The molecule has 3 aliphatic carbocycles. The maximum absolute atomic E-state index is 5.16. The summed E-state index contributed by atoms with van der Waals surface area (Å²) in [6, 6.07) is 44.9. The highest BCUT2D eigenvalue weighted by atomic mass is 15.0. The summed E-state index contributed by atoms with van der Waals surface area (Å²) in [6.07, 6.45) is 25.4. The summed E-state index contributed by atoms with van der Waals surface area (Å²) in [4.78, 5) is 5.16. The minimum Gasteiger partial charge on any atom is -0.304 e. The third-order valence-electron chi connectivity index (χ3n) is 12.1. The van der Waals surface area contributed by atoms with Gasteiger partial charge in [-0.2, -0.15) is 0 Å². The molecule has 2 nitrogen and oxygen atoms in total. The van der Waals surface area contributed by atoms with Gasteiger partial charge in [-0.15, -0.1) is 0 Å². The van der Waals surface area contributed by atoms with E-state index in [1.54, 1.807) is 5.57 Å². The summed E-state index contributed by atoms with van der Waals surface area (Å²) < 4.78 is 0. The Morgan fingerprint density at radius 3 is 1.92 bits per heavy atom. The molecule has 53 heavy (non-hydrogen) atoms. The van der Waals surface area contributed by atoms with Gasteiger partial charge < -0.3 is 5.32 Å². The van der Waals surface area contributed by atoms with Crippen molar-refractivity contribution in [2.75, 3.05) is 0 Å². The van der Waals surface area contributed by atoms with Crippen molar-refractivity contribution in [3.8, 4) is 11.1 Å². The van der Waals surface area contributed by atoms with E-state index < -0.39 is 0 Å². The van der Waals surface area contributed by atoms with Crippen LogP contribution >= 0.6 is 0 Å². The van der Waals surface area contributed by atoms with Crippen molar-refractivity contribution in [2.24, 2.45) is 0 Å². The largest absolute Gasteiger partial charge is 0.304 e. The van der Waals surface area contributed by atoms with Crippen molar-refractivity contribution in [2.45, 2.75) is 75.3 Å². The van der Waals surface area contributed by atoms with Gasteiger partial charge in [0, 0.05) is 24.2 Å². The van der Waals surface area contributed by atoms with Crippen LogP contribution < -0.4 is 15.8 Å². The lowest BCUT2D eigenvalue weighted by Crippen LogP contribution is -2.39. The van der Waals surface area contributed by atoms with Crippen molar-refractivity contribution in [3.05, 3.63) is 196 Å². The molecule has 2 heteroatoms. The van der Waals surface area contributed by atoms with E-state index in [0.717, 1.165) is 50.6 Å². The van der Waals surface area contributed by atoms with E-state index in [2.05, 4.69) is 169 Å². The second-order valence-corrected chi connectivity index (χ2v) is 15.3. The van der Waals surface area contributed by atoms with Crippen LogP contribution in [0.3, 0.4) is 0 Å². The first kappa shape index (κ1) is 33.5. The quantitative estimate of drug-likeness (QED) is 0.184. The predicted octanol–water partition coefficient (Wildman–Crippen LogP) is 10.7. The summed E-state index contributed by atoms with van der Waals surface area (Å²) >= 11 is 0. The Balaban J connectivity index is 0.998. The van der Waals surface area contributed by atoms with Crippen LogP contribution in [0, 0.1) is 0 Å². The van der Waals surface area contributed by atoms with E-state index in [0.29, 0.717) is 23.9 Å². The number of aromatic nitrogens is 1. The number of hydrogen-bond acceptors (Lipinski definition) is 2. The molecule has 0 radical (unpaired) electrons. The van der Waals surface area contributed by atoms with E-state index in [9.17, 15) is 0 Å². The summed E-state index contributed by atoms with van der Waals surface area (Å²) in [5.74, 6) is 0.864. The van der Waals surface area contributed by atoms with E-state index >= 15 is 0 Å². The van der Waals surface area contributed by atoms with Crippen molar-refractivity contribution in [3.63, 3.8) is 0 Å². The lowest BCUT2D eigenvalue weighted by atomic mass is 9.84. The van der Waals surface area contributed by atoms with Crippen molar-refractivity contribution >= 4 is 23.3 Å². The second-order valence-electron chi connectivity index (χ2n) is 15.3. The van der Waals surface area contributed by atoms with Gasteiger partial charge in [-0.25, -0.2) is 0 Å². The smallest absolute Gasteiger partial charge is 0.0668 e. The van der Waals surface area contributed by atoms with Crippen LogP contribution in [0.4, 0.5) is 0 Å². The van der Waals surface area contributed by atoms with Gasteiger partial charge in [0.25, 0.3) is 0 Å². The molecule has 1 aromatic heterocycles. The fourth-order valence-electron chi connectivity index (χ4n) is 9.15. The van der Waals surface area contributed by atoms with Crippen molar-refractivity contribution in [1.82, 2.24) is 10.3 Å². The topological polar surface area (TPSA) is 24.9 Å². The summed E-state index contributed by atoms with van der Waals surface area (Å²) in [7, 11) is 0. The molecular weight excluding hydrogens is 641 g/mol. The van der Waals surface area contributed by atoms with Gasteiger partial charge in [0.2, 0.25) is 0 Å². The third-order valence-corrected chi connectivity index (χ3v) is 12.1. The molecule has 1 N–H and O–H groups in total. The lowest BCUT2D eigenvalue weighted by Gasteiger charge is -2.30. The van der Waals surface area contributed by atoms with E-state index in [1.165, 1.54) is 61.4 Å². The molecule has 0 bridgehead atoms. The van der Waals surface area contributed by atoms with E-state index in [4.69, 9.17) is 4.98 Å². The molecule has 1 aliphatic heterocycles. The molecule has 262 valence electrons. The first-order valence-corrected chi connectivity index (χ1v) is 19.7. The minimum atomic E-state index is 0.308. The first-order valence-electron chi connectivity index (χ1n) is 19.7. The number of nitrogens with one attached hydrogen (secondary N) is 1. The number of nitrogens with zero attached hydrogens (tertiary/aromatic N) is 1. The van der Waals surface area contributed by atoms with Crippen molar-refractivity contribution in [1.29, 1.82) is 0 Å². The zero-order chi connectivity index (χ0) is 35.4. The number of allylic oxidation sites excluding steroid dienone is 6. The minimum absolute atomic E-state index is 0.308. The average Bonchev–Trinajstić information content (AvgIpc) is 3.48. The van der Waals surface area contributed by atoms with Gasteiger partial charge in [-0.3, -0.25) is 4.98 Å². The van der Waals surface area contributed by atoms with Crippen LogP contribution in [0.15, 0.2) is 163 Å². The molecule has 4 aliphatic rings. The standard InChI is InChI=1S/C51H48N2/c1-4-12-36(13-5-1)39-20-23-43(24-21-39)51-33-45(37-14-6-2-7-15-37)30-31-49(53-51)41-25-27-42(28-26-41)50-34-47(40-17-8-3-9-18-40)48(35-52-50)46-29-22-38-16-10-11-19-44(38)32-46/h1-20,22-23,25,27,32,34-35,45-46,49,51,53H,21,24,26,28-31,33H2. The van der Waals surface area contributed by atoms with Crippen LogP contribution in [0.5, 0.6) is 0 Å². The number of benzene rings is 4. The highest BCUT2D eigenvalue weighted by Gasteiger charge is 2.31. The number of hydrogen-bond donors (Lipinski definition) is 1. The second kappa shape index (κ2) is 15.3. The van der Waals surface area contributed by atoms with Gasteiger partial charge in [-0.05, 0) is 113 Å². The SMILES string of the molecule is C1=C(c2ccccc2)CCC(C2CC(c3ccccc3)CCC(C3=CC=C(c4cc(-c5ccccc5)c(C5C=c6ccccc6=CC5)cn4)CC3)N2)=C1. The zero-order valence-electron chi connectivity index (χ0n) is 30.5. The fraction of sp³-hybridized carbons (Fsp3) is 0.235. The third kappa shape index (κ3) is 7.34. The molecule has 5 aromatic rings. The van der Waals surface area contributed by atoms with Gasteiger partial charge in [0.05, 0.1) is 5.69 Å². The first-order chi connectivity index (χ1) is 26.2. The number of pyridine rings is 1. The molecule has 1 saturated heterocycles. The average molecular weight is 689 g/mol. The maximum atomic E-state index is 5.16. The molecular formula is C51H48N2. The highest BCUT2D eigenvalue weighted by molar-refractivity contribution is 5.76. The monoisotopic (exact) mass is 688 g/mol. The number of fused-ring (bicyclic) bond motifs is 1. The lowest BCUT2D eigenvalue weighted by molar-refractivity contribution is 0.480. The molecule has 4 aromatic carbocycles. The molecule has 0 spiro atoms. The summed E-state index contributed by atoms with van der Waals surface area (Å²) in [5.41, 5.74) is 13.7. The van der Waals surface area contributed by atoms with Crippen LogP contribution in [0.25, 0.3) is 34.4 Å². The normalized spacial score (nSPS) is 22.8. The predicted molar refractivity (Wildman–Crippen MR) is 222 cm³/mol. The summed E-state index contributed by atoms with van der Waals surface area (Å²) in [6.45, 7) is 0. The Bertz CT molecular complexity index is 2330. The van der Waals surface area contributed by atoms with E-state index in [-0.39, 0.29) is 0 Å². The van der Waals surface area contributed by atoms with E-state index in [1.807, 2.05) is 0 Å². The molecule has 4 atom stereocenters. The molecule has 2 heterocycles. The zero-order valence-corrected chi connectivity index (χ0v) is 30.5. The molecule has 1 fully saturated rings. The van der Waals surface area contributed by atoms with Gasteiger partial charge in [0.1, 0.15) is 0 Å². The Labute approximate surface area is 314 Å². The molecule has 0 saturated carbocycles. The van der Waals surface area contributed by atoms with Gasteiger partial charge in [0.15, 0.2) is 0 Å². The molecule has 9 rings (SSSR count). The molecule has 4 unspecified atom stereocenters. The van der Waals surface area contributed by atoms with Gasteiger partial charge >= 0.3 is 0 Å². The Morgan fingerprint density at radius 1 is 0.566 bits per heavy atom. The Hall–Kier alpha value is -5.31. The van der Waals surface area contributed by atoms with Crippen LogP contribution in [0.2, 0.25) is 0 Å². The Morgan fingerprint density at radius 2 is 1.21 bits per heavy atom. The maximum Gasteiger partial charge on any atom is 0.0668 e. The fourth-order valence-corrected chi connectivity index (χ4v) is 9.15. The van der Waals surface area contributed by atoms with Crippen LogP contribution in [-0.2, 0) is 0 Å². The molecule has 0 amide bonds. The summed E-state index contributed by atoms with van der Waals surface area (Å²) in [5, 5.41) is 6.88. The highest BCUT2D eigenvalue weighted by Crippen LogP contribution is 2.40. The number of rotatable bonds is 7. The van der Waals surface area contributed by atoms with Crippen molar-refractivity contribution < 1.29 is 0 Å². The Kier molecular flexibility index (Phi) is 9.71.